The molecule has 0 fully saturated rings. The van der Waals surface area contributed by atoms with Crippen molar-refractivity contribution in [3.8, 4) is 0 Å². The van der Waals surface area contributed by atoms with Gasteiger partial charge < -0.3 is 16.4 Å². The summed E-state index contributed by atoms with van der Waals surface area (Å²) in [6, 6.07) is 4.41. The number of anilines is 2. The number of hydrogen-bond donors (Lipinski definition) is 3. The lowest BCUT2D eigenvalue weighted by atomic mass is 9.99. The zero-order valence-corrected chi connectivity index (χ0v) is 10.8. The third kappa shape index (κ3) is 2.78. The van der Waals surface area contributed by atoms with E-state index in [0.29, 0.717) is 5.69 Å². The minimum absolute atomic E-state index is 0.400. The van der Waals surface area contributed by atoms with Crippen LogP contribution in [0.25, 0.3) is 0 Å². The highest BCUT2D eigenvalue weighted by molar-refractivity contribution is 5.97. The number of urea groups is 1. The maximum atomic E-state index is 11.9. The molecule has 5 N–H and O–H groups in total. The summed E-state index contributed by atoms with van der Waals surface area (Å²) in [6.07, 6.45) is 1.93. The first-order chi connectivity index (χ1) is 8.99. The van der Waals surface area contributed by atoms with Gasteiger partial charge in [0.15, 0.2) is 0 Å². The standard InChI is InChI=1S/C13H18N4O2/c1-8(12(18)16-13(15)19)17-6-2-3-9-4-5-10(14)7-11(9)17/h4-5,7-8H,2-3,6,14H2,1H3,(H3,15,16,18,19). The highest BCUT2D eigenvalue weighted by Gasteiger charge is 2.26. The van der Waals surface area contributed by atoms with E-state index in [4.69, 9.17) is 11.5 Å². The van der Waals surface area contributed by atoms with Crippen LogP contribution >= 0.6 is 0 Å². The van der Waals surface area contributed by atoms with E-state index in [2.05, 4.69) is 5.32 Å². The Balaban J connectivity index is 2.25. The van der Waals surface area contributed by atoms with Crippen LogP contribution in [-0.4, -0.2) is 24.5 Å². The molecule has 0 bridgehead atoms. The van der Waals surface area contributed by atoms with Gasteiger partial charge in [-0.2, -0.15) is 0 Å². The number of nitrogens with one attached hydrogen (secondary N) is 1. The zero-order valence-electron chi connectivity index (χ0n) is 10.8. The van der Waals surface area contributed by atoms with Crippen molar-refractivity contribution in [3.63, 3.8) is 0 Å². The molecule has 102 valence electrons. The molecule has 0 saturated heterocycles. The van der Waals surface area contributed by atoms with Crippen molar-refractivity contribution in [2.45, 2.75) is 25.8 Å². The molecular formula is C13H18N4O2. The molecule has 1 aromatic rings. The fourth-order valence-corrected chi connectivity index (χ4v) is 2.39. The lowest BCUT2D eigenvalue weighted by molar-refractivity contribution is -0.120. The SMILES string of the molecule is CC(C(=O)NC(N)=O)N1CCCc2ccc(N)cc21. The lowest BCUT2D eigenvalue weighted by Gasteiger charge is -2.35. The average Bonchev–Trinajstić information content (AvgIpc) is 2.36. The third-order valence-corrected chi connectivity index (χ3v) is 3.36. The Kier molecular flexibility index (Phi) is 3.59. The van der Waals surface area contributed by atoms with E-state index >= 15 is 0 Å². The molecule has 1 aliphatic rings. The molecule has 1 unspecified atom stereocenters. The largest absolute Gasteiger partial charge is 0.399 e. The van der Waals surface area contributed by atoms with E-state index < -0.39 is 18.0 Å². The van der Waals surface area contributed by atoms with Crippen molar-refractivity contribution in [1.29, 1.82) is 0 Å². The van der Waals surface area contributed by atoms with Crippen molar-refractivity contribution >= 4 is 23.3 Å². The minimum atomic E-state index is -0.832. The van der Waals surface area contributed by atoms with Crippen LogP contribution < -0.4 is 21.7 Å². The van der Waals surface area contributed by atoms with Crippen LogP contribution in [0, 0.1) is 0 Å². The molecular weight excluding hydrogens is 244 g/mol. The number of primary amides is 1. The number of carbonyl (C=O) groups is 2. The van der Waals surface area contributed by atoms with Crippen molar-refractivity contribution < 1.29 is 9.59 Å². The van der Waals surface area contributed by atoms with Gasteiger partial charge in [0.25, 0.3) is 0 Å². The first kappa shape index (κ1) is 13.2. The monoisotopic (exact) mass is 262 g/mol. The van der Waals surface area contributed by atoms with Gasteiger partial charge in [-0.15, -0.1) is 0 Å². The molecule has 0 radical (unpaired) electrons. The molecule has 19 heavy (non-hydrogen) atoms. The number of hydrogen-bond acceptors (Lipinski definition) is 4. The van der Waals surface area contributed by atoms with E-state index in [9.17, 15) is 9.59 Å². The summed E-state index contributed by atoms with van der Waals surface area (Å²) in [4.78, 5) is 24.6. The van der Waals surface area contributed by atoms with Crippen LogP contribution in [-0.2, 0) is 11.2 Å². The van der Waals surface area contributed by atoms with Gasteiger partial charge in [0.05, 0.1) is 0 Å². The molecule has 0 aliphatic carbocycles. The molecule has 0 saturated carbocycles. The second kappa shape index (κ2) is 5.17. The van der Waals surface area contributed by atoms with Gasteiger partial charge in [0.1, 0.15) is 6.04 Å². The van der Waals surface area contributed by atoms with E-state index in [1.165, 1.54) is 5.56 Å². The van der Waals surface area contributed by atoms with Crippen molar-refractivity contribution in [3.05, 3.63) is 23.8 Å². The Morgan fingerprint density at radius 1 is 1.42 bits per heavy atom. The summed E-state index contributed by atoms with van der Waals surface area (Å²) in [7, 11) is 0. The second-order valence-electron chi connectivity index (χ2n) is 4.71. The molecule has 3 amide bonds. The molecule has 1 aliphatic heterocycles. The van der Waals surface area contributed by atoms with Crippen LogP contribution in [0.2, 0.25) is 0 Å². The summed E-state index contributed by atoms with van der Waals surface area (Å²) in [5, 5.41) is 2.11. The van der Waals surface area contributed by atoms with E-state index in [1.807, 2.05) is 23.1 Å². The maximum Gasteiger partial charge on any atom is 0.318 e. The minimum Gasteiger partial charge on any atom is -0.399 e. The zero-order chi connectivity index (χ0) is 14.0. The van der Waals surface area contributed by atoms with E-state index in [-0.39, 0.29) is 0 Å². The lowest BCUT2D eigenvalue weighted by Crippen LogP contribution is -2.50. The van der Waals surface area contributed by atoms with Gasteiger partial charge in [0, 0.05) is 17.9 Å². The molecule has 0 spiro atoms. The fourth-order valence-electron chi connectivity index (χ4n) is 2.39. The van der Waals surface area contributed by atoms with Crippen LogP contribution in [0.3, 0.4) is 0 Å². The number of carbonyl (C=O) groups excluding carboxylic acids is 2. The molecule has 2 rings (SSSR count). The van der Waals surface area contributed by atoms with Crippen LogP contribution in [0.5, 0.6) is 0 Å². The predicted octanol–water partition coefficient (Wildman–Crippen LogP) is 0.605. The number of benzene rings is 1. The number of rotatable bonds is 2. The predicted molar refractivity (Wildman–Crippen MR) is 73.7 cm³/mol. The average molecular weight is 262 g/mol. The van der Waals surface area contributed by atoms with Crippen molar-refractivity contribution in [2.75, 3.05) is 17.2 Å². The van der Waals surface area contributed by atoms with Gasteiger partial charge in [-0.05, 0) is 37.5 Å². The van der Waals surface area contributed by atoms with Crippen molar-refractivity contribution in [2.24, 2.45) is 5.73 Å². The summed E-state index contributed by atoms with van der Waals surface area (Å²) < 4.78 is 0. The smallest absolute Gasteiger partial charge is 0.318 e. The van der Waals surface area contributed by atoms with Crippen LogP contribution in [0.4, 0.5) is 16.2 Å². The Hall–Kier alpha value is -2.24. The van der Waals surface area contributed by atoms with Gasteiger partial charge in [0.2, 0.25) is 5.91 Å². The third-order valence-electron chi connectivity index (χ3n) is 3.36. The van der Waals surface area contributed by atoms with Gasteiger partial charge >= 0.3 is 6.03 Å². The topological polar surface area (TPSA) is 101 Å². The summed E-state index contributed by atoms with van der Waals surface area (Å²) in [6.45, 7) is 2.50. The summed E-state index contributed by atoms with van der Waals surface area (Å²) in [5.41, 5.74) is 13.6. The molecule has 1 heterocycles. The Morgan fingerprint density at radius 2 is 2.16 bits per heavy atom. The maximum absolute atomic E-state index is 11.9. The molecule has 1 atom stereocenters. The second-order valence-corrected chi connectivity index (χ2v) is 4.71. The quantitative estimate of drug-likeness (QED) is 0.679. The molecule has 6 nitrogen and oxygen atoms in total. The van der Waals surface area contributed by atoms with Gasteiger partial charge in [-0.25, -0.2) is 4.79 Å². The number of nitrogen functional groups attached to an aromatic ring is 1. The summed E-state index contributed by atoms with van der Waals surface area (Å²) in [5.74, 6) is -0.400. The number of nitrogens with two attached hydrogens (primary N) is 2. The first-order valence-corrected chi connectivity index (χ1v) is 6.24. The first-order valence-electron chi connectivity index (χ1n) is 6.24. The highest BCUT2D eigenvalue weighted by Crippen LogP contribution is 2.30. The number of aryl methyl sites for hydroxylation is 1. The Bertz CT molecular complexity index is 515. The van der Waals surface area contributed by atoms with Crippen LogP contribution in [0.1, 0.15) is 18.9 Å². The van der Waals surface area contributed by atoms with Crippen LogP contribution in [0.15, 0.2) is 18.2 Å². The fraction of sp³-hybridized carbons (Fsp3) is 0.385. The normalized spacial score (nSPS) is 15.5. The van der Waals surface area contributed by atoms with E-state index in [0.717, 1.165) is 25.1 Å². The van der Waals surface area contributed by atoms with Crippen molar-refractivity contribution in [1.82, 2.24) is 5.32 Å². The van der Waals surface area contributed by atoms with Gasteiger partial charge in [-0.1, -0.05) is 6.07 Å². The molecule has 1 aromatic carbocycles. The Labute approximate surface area is 111 Å². The highest BCUT2D eigenvalue weighted by atomic mass is 16.2. The number of amides is 3. The van der Waals surface area contributed by atoms with Gasteiger partial charge in [-0.3, -0.25) is 10.1 Å². The molecule has 0 aromatic heterocycles. The number of imide groups is 1. The number of fused-ring (bicyclic) bond motifs is 1. The summed E-state index contributed by atoms with van der Waals surface area (Å²) >= 11 is 0. The number of nitrogens with zero attached hydrogens (tertiary/aromatic N) is 1. The molecule has 6 heteroatoms. The van der Waals surface area contributed by atoms with E-state index in [1.54, 1.807) is 6.92 Å². The Morgan fingerprint density at radius 3 is 2.84 bits per heavy atom.